The molecule has 0 heterocycles. The molecule has 3 rings (SSSR count). The van der Waals surface area contributed by atoms with Gasteiger partial charge in [0.15, 0.2) is 0 Å². The molecule has 5 atom stereocenters. The summed E-state index contributed by atoms with van der Waals surface area (Å²) in [4.78, 5) is 15.4. The van der Waals surface area contributed by atoms with Crippen LogP contribution < -0.4 is 4.90 Å². The van der Waals surface area contributed by atoms with E-state index in [9.17, 15) is 15.0 Å². The predicted molar refractivity (Wildman–Crippen MR) is 131 cm³/mol. The van der Waals surface area contributed by atoms with E-state index in [1.54, 1.807) is 19.0 Å². The fourth-order valence-electron chi connectivity index (χ4n) is 5.14. The molecule has 1 fully saturated rings. The lowest BCUT2D eigenvalue weighted by molar-refractivity contribution is -0.128. The number of carbonyl (C=O) groups excluding carboxylic acids is 1. The van der Waals surface area contributed by atoms with Crippen LogP contribution in [0.4, 0.5) is 5.69 Å². The second kappa shape index (κ2) is 11.2. The zero-order valence-corrected chi connectivity index (χ0v) is 20.1. The number of carbonyl (C=O) groups is 1. The Labute approximate surface area is 193 Å². The minimum Gasteiger partial charge on any atom is -0.392 e. The maximum atomic E-state index is 11.7. The quantitative estimate of drug-likeness (QED) is 0.429. The molecular weight excluding hydrogens is 400 g/mol. The summed E-state index contributed by atoms with van der Waals surface area (Å²) in [6.45, 7) is 0. The lowest BCUT2D eigenvalue weighted by Gasteiger charge is -2.19. The molecule has 0 saturated heterocycles. The zero-order chi connectivity index (χ0) is 23.3. The largest absolute Gasteiger partial charge is 0.392 e. The first-order valence-corrected chi connectivity index (χ1v) is 11.9. The Morgan fingerprint density at radius 2 is 1.88 bits per heavy atom. The van der Waals surface area contributed by atoms with Crippen LogP contribution in [0.15, 0.2) is 48.1 Å². The van der Waals surface area contributed by atoms with Gasteiger partial charge in [-0.1, -0.05) is 35.9 Å². The van der Waals surface area contributed by atoms with Gasteiger partial charge in [0.1, 0.15) is 0 Å². The van der Waals surface area contributed by atoms with Crippen molar-refractivity contribution in [2.24, 2.45) is 17.8 Å². The van der Waals surface area contributed by atoms with Gasteiger partial charge in [-0.15, -0.1) is 0 Å². The van der Waals surface area contributed by atoms with Gasteiger partial charge in [-0.2, -0.15) is 0 Å². The number of hydrogen-bond donors (Lipinski definition) is 2. The molecule has 5 heteroatoms. The first-order chi connectivity index (χ1) is 15.2. The Morgan fingerprint density at radius 3 is 2.53 bits per heavy atom. The number of unbranched alkanes of at least 4 members (excludes halogenated alkanes) is 1. The normalized spacial score (nSPS) is 25.6. The van der Waals surface area contributed by atoms with Crippen molar-refractivity contribution in [3.05, 3.63) is 53.6 Å². The highest BCUT2D eigenvalue weighted by Gasteiger charge is 2.43. The molecule has 2 aliphatic rings. The lowest BCUT2D eigenvalue weighted by atomic mass is 9.88. The van der Waals surface area contributed by atoms with E-state index in [4.69, 9.17) is 0 Å². The Hall–Kier alpha value is -2.11. The van der Waals surface area contributed by atoms with E-state index >= 15 is 0 Å². The Balaban J connectivity index is 1.47. The van der Waals surface area contributed by atoms with Gasteiger partial charge in [-0.25, -0.2) is 0 Å². The number of rotatable bonds is 10. The number of anilines is 1. The van der Waals surface area contributed by atoms with Crippen molar-refractivity contribution in [3.63, 3.8) is 0 Å². The standard InChI is InChI=1S/C27H40N2O3/c1-28(2)22-11-9-19(10-12-22)16-23(30)13-14-24-25-17-20(15-21(25)18-26(24)31)7-5-6-8-27(32)29(3)4/h9-15,21,23-26,30-31H,5-8,16-18H2,1-4H3/b14-13+/t21-,23-,24+,25-,26+/m0/s1. The highest BCUT2D eigenvalue weighted by Crippen LogP contribution is 2.48. The summed E-state index contributed by atoms with van der Waals surface area (Å²) in [5, 5.41) is 21.1. The van der Waals surface area contributed by atoms with Gasteiger partial charge in [0.2, 0.25) is 5.91 Å². The van der Waals surface area contributed by atoms with E-state index in [0.29, 0.717) is 24.7 Å². The summed E-state index contributed by atoms with van der Waals surface area (Å²) < 4.78 is 0. The maximum Gasteiger partial charge on any atom is 0.222 e. The molecule has 0 spiro atoms. The first-order valence-electron chi connectivity index (χ1n) is 11.9. The summed E-state index contributed by atoms with van der Waals surface area (Å²) in [5.41, 5.74) is 3.73. The van der Waals surface area contributed by atoms with Crippen molar-refractivity contribution in [1.29, 1.82) is 0 Å². The van der Waals surface area contributed by atoms with E-state index < -0.39 is 6.10 Å². The Kier molecular flexibility index (Phi) is 8.55. The molecular formula is C27H40N2O3. The van der Waals surface area contributed by atoms with Crippen molar-refractivity contribution in [1.82, 2.24) is 4.90 Å². The van der Waals surface area contributed by atoms with Gasteiger partial charge in [0.25, 0.3) is 0 Å². The first kappa shape index (κ1) is 24.5. The third kappa shape index (κ3) is 6.46. The van der Waals surface area contributed by atoms with E-state index in [1.165, 1.54) is 5.57 Å². The van der Waals surface area contributed by atoms with Gasteiger partial charge < -0.3 is 20.0 Å². The number of amides is 1. The van der Waals surface area contributed by atoms with Crippen LogP contribution in [0.2, 0.25) is 0 Å². The highest BCUT2D eigenvalue weighted by atomic mass is 16.3. The number of fused-ring (bicyclic) bond motifs is 1. The van der Waals surface area contributed by atoms with Crippen LogP contribution in [0.1, 0.15) is 44.1 Å². The molecule has 0 aromatic heterocycles. The second-order valence-corrected chi connectivity index (χ2v) is 9.95. The lowest BCUT2D eigenvalue weighted by Crippen LogP contribution is -2.21. The molecule has 0 radical (unpaired) electrons. The van der Waals surface area contributed by atoms with Gasteiger partial charge in [0, 0.05) is 52.6 Å². The Morgan fingerprint density at radius 1 is 1.16 bits per heavy atom. The molecule has 5 nitrogen and oxygen atoms in total. The van der Waals surface area contributed by atoms with Gasteiger partial charge in [-0.3, -0.25) is 4.79 Å². The number of benzene rings is 1. The molecule has 1 amide bonds. The van der Waals surface area contributed by atoms with E-state index in [-0.39, 0.29) is 17.9 Å². The van der Waals surface area contributed by atoms with Crippen molar-refractivity contribution < 1.29 is 15.0 Å². The van der Waals surface area contributed by atoms with Crippen LogP contribution in [-0.2, 0) is 11.2 Å². The average Bonchev–Trinajstić information content (AvgIpc) is 3.26. The number of hydrogen-bond acceptors (Lipinski definition) is 4. The fraction of sp³-hybridized carbons (Fsp3) is 0.593. The van der Waals surface area contributed by atoms with Crippen molar-refractivity contribution in [2.45, 2.75) is 57.2 Å². The summed E-state index contributed by atoms with van der Waals surface area (Å²) in [5.74, 6) is 1.18. The van der Waals surface area contributed by atoms with Crippen molar-refractivity contribution >= 4 is 11.6 Å². The molecule has 32 heavy (non-hydrogen) atoms. The predicted octanol–water partition coefficient (Wildman–Crippen LogP) is 3.80. The summed E-state index contributed by atoms with van der Waals surface area (Å²) in [6, 6.07) is 8.26. The molecule has 0 unspecified atom stereocenters. The number of aliphatic hydroxyl groups is 2. The smallest absolute Gasteiger partial charge is 0.222 e. The third-order valence-electron chi connectivity index (χ3n) is 7.04. The molecule has 176 valence electrons. The zero-order valence-electron chi connectivity index (χ0n) is 20.1. The van der Waals surface area contributed by atoms with Crippen LogP contribution in [0.25, 0.3) is 0 Å². The number of aliphatic hydroxyl groups excluding tert-OH is 2. The SMILES string of the molecule is CN(C)C(=O)CCCCC1=C[C@H]2C[C@@H](O)[C@H](/C=C/[C@H](O)Cc3ccc(N(C)C)cc3)[C@H]2C1. The molecule has 1 aromatic rings. The topological polar surface area (TPSA) is 64.0 Å². The molecule has 1 aromatic carbocycles. The fourth-order valence-corrected chi connectivity index (χ4v) is 5.14. The monoisotopic (exact) mass is 440 g/mol. The summed E-state index contributed by atoms with van der Waals surface area (Å²) >= 11 is 0. The molecule has 1 saturated carbocycles. The van der Waals surface area contributed by atoms with Crippen LogP contribution in [-0.4, -0.2) is 61.4 Å². The van der Waals surface area contributed by atoms with E-state index in [0.717, 1.165) is 43.4 Å². The summed E-state index contributed by atoms with van der Waals surface area (Å²) in [7, 11) is 7.64. The van der Waals surface area contributed by atoms with Gasteiger partial charge >= 0.3 is 0 Å². The van der Waals surface area contributed by atoms with Crippen LogP contribution >= 0.6 is 0 Å². The van der Waals surface area contributed by atoms with Crippen LogP contribution in [0, 0.1) is 17.8 Å². The number of nitrogens with zero attached hydrogens (tertiary/aromatic N) is 2. The highest BCUT2D eigenvalue weighted by molar-refractivity contribution is 5.75. The Bertz CT molecular complexity index is 813. The maximum absolute atomic E-state index is 11.7. The van der Waals surface area contributed by atoms with E-state index in [1.807, 2.05) is 20.2 Å². The van der Waals surface area contributed by atoms with Crippen molar-refractivity contribution in [3.8, 4) is 0 Å². The minimum atomic E-state index is -0.547. The molecule has 2 aliphatic carbocycles. The second-order valence-electron chi connectivity index (χ2n) is 9.95. The number of allylic oxidation sites excluding steroid dienone is 2. The van der Waals surface area contributed by atoms with Gasteiger partial charge in [-0.05, 0) is 61.6 Å². The van der Waals surface area contributed by atoms with Crippen LogP contribution in [0.3, 0.4) is 0 Å². The van der Waals surface area contributed by atoms with E-state index in [2.05, 4.69) is 41.3 Å². The summed E-state index contributed by atoms with van der Waals surface area (Å²) in [6.07, 6.45) is 11.5. The average molecular weight is 441 g/mol. The third-order valence-corrected chi connectivity index (χ3v) is 7.04. The van der Waals surface area contributed by atoms with Gasteiger partial charge in [0.05, 0.1) is 12.2 Å². The molecule has 2 N–H and O–H groups in total. The van der Waals surface area contributed by atoms with Crippen LogP contribution in [0.5, 0.6) is 0 Å². The molecule has 0 bridgehead atoms. The molecule has 0 aliphatic heterocycles. The van der Waals surface area contributed by atoms with Crippen molar-refractivity contribution in [2.75, 3.05) is 33.1 Å². The minimum absolute atomic E-state index is 0.106.